The van der Waals surface area contributed by atoms with Gasteiger partial charge in [0.25, 0.3) is 11.8 Å². The molecule has 2 bridgehead atoms. The number of rotatable bonds is 3. The average molecular weight is 317 g/mol. The van der Waals surface area contributed by atoms with Crippen LogP contribution in [0.25, 0.3) is 0 Å². The van der Waals surface area contributed by atoms with Gasteiger partial charge in [0.15, 0.2) is 0 Å². The SMILES string of the molecule is CC(C)C(=O)ON1C(=O)C2C(C1=O)C1C=CC2C12CC2C(C)C. The van der Waals surface area contributed by atoms with Crippen molar-refractivity contribution >= 4 is 17.8 Å². The van der Waals surface area contributed by atoms with Gasteiger partial charge in [-0.15, -0.1) is 5.06 Å². The quantitative estimate of drug-likeness (QED) is 0.591. The number of hydrogen-bond acceptors (Lipinski definition) is 4. The summed E-state index contributed by atoms with van der Waals surface area (Å²) in [7, 11) is 0. The number of allylic oxidation sites excluding steroid dienone is 2. The van der Waals surface area contributed by atoms with Gasteiger partial charge in [-0.2, -0.15) is 0 Å². The lowest BCUT2D eigenvalue weighted by Gasteiger charge is -2.23. The summed E-state index contributed by atoms with van der Waals surface area (Å²) in [5.41, 5.74) is 0.114. The van der Waals surface area contributed by atoms with E-state index in [4.69, 9.17) is 4.84 Å². The molecule has 23 heavy (non-hydrogen) atoms. The van der Waals surface area contributed by atoms with Gasteiger partial charge in [0.2, 0.25) is 0 Å². The van der Waals surface area contributed by atoms with Crippen molar-refractivity contribution in [3.63, 3.8) is 0 Å². The topological polar surface area (TPSA) is 63.7 Å². The van der Waals surface area contributed by atoms with Crippen molar-refractivity contribution in [2.75, 3.05) is 0 Å². The van der Waals surface area contributed by atoms with Crippen LogP contribution in [0.15, 0.2) is 12.2 Å². The Balaban J connectivity index is 1.61. The zero-order valence-electron chi connectivity index (χ0n) is 14.0. The van der Waals surface area contributed by atoms with E-state index in [0.717, 1.165) is 11.5 Å². The fourth-order valence-electron chi connectivity index (χ4n) is 5.40. The molecule has 4 rings (SSSR count). The van der Waals surface area contributed by atoms with Crippen molar-refractivity contribution in [2.24, 2.45) is 46.8 Å². The minimum absolute atomic E-state index is 0.114. The molecule has 4 aliphatic rings. The van der Waals surface area contributed by atoms with E-state index in [2.05, 4.69) is 26.0 Å². The van der Waals surface area contributed by atoms with Gasteiger partial charge < -0.3 is 4.84 Å². The zero-order valence-corrected chi connectivity index (χ0v) is 14.0. The molecule has 1 aliphatic heterocycles. The van der Waals surface area contributed by atoms with Crippen LogP contribution in [0.1, 0.15) is 34.1 Å². The van der Waals surface area contributed by atoms with Crippen LogP contribution in [-0.2, 0) is 19.2 Å². The summed E-state index contributed by atoms with van der Waals surface area (Å²) in [5.74, 6) is -0.793. The maximum atomic E-state index is 12.7. The second-order valence-electron chi connectivity index (χ2n) is 8.19. The predicted molar refractivity (Wildman–Crippen MR) is 81.3 cm³/mol. The van der Waals surface area contributed by atoms with Gasteiger partial charge in [0, 0.05) is 0 Å². The molecule has 3 fully saturated rings. The molecule has 0 aromatic carbocycles. The van der Waals surface area contributed by atoms with Gasteiger partial charge in [-0.3, -0.25) is 9.59 Å². The predicted octanol–water partition coefficient (Wildman–Crippen LogP) is 2.18. The van der Waals surface area contributed by atoms with E-state index < -0.39 is 5.97 Å². The Labute approximate surface area is 136 Å². The second kappa shape index (κ2) is 4.46. The number of hydrogen-bond donors (Lipinski definition) is 0. The highest BCUT2D eigenvalue weighted by molar-refractivity contribution is 6.06. The molecular formula is C18H23NO4. The largest absolute Gasteiger partial charge is 0.335 e. The molecule has 1 heterocycles. The molecular weight excluding hydrogens is 294 g/mol. The van der Waals surface area contributed by atoms with E-state index in [9.17, 15) is 14.4 Å². The molecule has 2 amide bonds. The van der Waals surface area contributed by atoms with E-state index in [0.29, 0.717) is 11.8 Å². The molecule has 1 saturated heterocycles. The lowest BCUT2D eigenvalue weighted by molar-refractivity contribution is -0.202. The summed E-state index contributed by atoms with van der Waals surface area (Å²) in [5, 5.41) is 0.754. The number of fused-ring (bicyclic) bond motifs is 3. The minimum atomic E-state index is -0.534. The third kappa shape index (κ3) is 1.65. The van der Waals surface area contributed by atoms with Crippen LogP contribution >= 0.6 is 0 Å². The lowest BCUT2D eigenvalue weighted by Crippen LogP contribution is -2.38. The van der Waals surface area contributed by atoms with Crippen LogP contribution in [0.2, 0.25) is 0 Å². The highest BCUT2D eigenvalue weighted by atomic mass is 16.7. The number of hydroxylamine groups is 2. The van der Waals surface area contributed by atoms with Crippen LogP contribution in [0, 0.1) is 46.8 Å². The maximum Gasteiger partial charge on any atom is 0.335 e. The Morgan fingerprint density at radius 2 is 1.65 bits per heavy atom. The smallest absolute Gasteiger partial charge is 0.330 e. The zero-order chi connectivity index (χ0) is 16.7. The summed E-state index contributed by atoms with van der Waals surface area (Å²) in [6, 6.07) is 0. The molecule has 0 aromatic rings. The first-order chi connectivity index (χ1) is 10.8. The maximum absolute atomic E-state index is 12.7. The first-order valence-electron chi connectivity index (χ1n) is 8.58. The average Bonchev–Trinajstić information content (AvgIpc) is 3.00. The third-order valence-electron chi connectivity index (χ3n) is 6.46. The molecule has 5 nitrogen and oxygen atoms in total. The number of nitrogens with zero attached hydrogens (tertiary/aromatic N) is 1. The van der Waals surface area contributed by atoms with Crippen LogP contribution in [-0.4, -0.2) is 22.8 Å². The summed E-state index contributed by atoms with van der Waals surface area (Å²) in [6.45, 7) is 7.80. The first-order valence-corrected chi connectivity index (χ1v) is 8.58. The number of carbonyl (C=O) groups excluding carboxylic acids is 3. The molecule has 124 valence electrons. The molecule has 0 N–H and O–H groups in total. The standard InChI is InChI=1S/C18H23NO4/c1-8(2)12-7-18(12)10-5-6-11(18)14-13(10)15(20)19(16(14)21)23-17(22)9(3)4/h5-6,8-14H,7H2,1-4H3. The highest BCUT2D eigenvalue weighted by Crippen LogP contribution is 2.77. The van der Waals surface area contributed by atoms with Crippen LogP contribution < -0.4 is 0 Å². The summed E-state index contributed by atoms with van der Waals surface area (Å²) in [6.07, 6.45) is 5.37. The van der Waals surface area contributed by atoms with Gasteiger partial charge in [0.1, 0.15) is 0 Å². The van der Waals surface area contributed by atoms with Crippen LogP contribution in [0.5, 0.6) is 0 Å². The Morgan fingerprint density at radius 3 is 2.04 bits per heavy atom. The van der Waals surface area contributed by atoms with Crippen molar-refractivity contribution in [3.8, 4) is 0 Å². The summed E-state index contributed by atoms with van der Waals surface area (Å²) in [4.78, 5) is 42.3. The lowest BCUT2D eigenvalue weighted by atomic mass is 9.84. The third-order valence-corrected chi connectivity index (χ3v) is 6.46. The first kappa shape index (κ1) is 14.9. The monoisotopic (exact) mass is 317 g/mol. The van der Waals surface area contributed by atoms with Gasteiger partial charge in [-0.05, 0) is 35.5 Å². The molecule has 5 unspecified atom stereocenters. The van der Waals surface area contributed by atoms with Crippen molar-refractivity contribution in [2.45, 2.75) is 34.1 Å². The van der Waals surface area contributed by atoms with E-state index in [-0.39, 0.29) is 46.8 Å². The number of carbonyl (C=O) groups is 3. The molecule has 5 atom stereocenters. The van der Waals surface area contributed by atoms with Crippen molar-refractivity contribution in [1.29, 1.82) is 0 Å². The van der Waals surface area contributed by atoms with Gasteiger partial charge >= 0.3 is 5.97 Å². The number of amides is 2. The van der Waals surface area contributed by atoms with E-state index in [1.807, 2.05) is 0 Å². The van der Waals surface area contributed by atoms with E-state index in [1.54, 1.807) is 13.8 Å². The van der Waals surface area contributed by atoms with Gasteiger partial charge in [0.05, 0.1) is 17.8 Å². The number of imide groups is 1. The molecule has 2 saturated carbocycles. The van der Waals surface area contributed by atoms with Crippen molar-refractivity contribution in [1.82, 2.24) is 5.06 Å². The molecule has 0 radical (unpaired) electrons. The Kier molecular flexibility index (Phi) is 2.89. The molecule has 1 spiro atoms. The minimum Gasteiger partial charge on any atom is -0.330 e. The molecule has 5 heteroatoms. The summed E-state index contributed by atoms with van der Waals surface area (Å²) < 4.78 is 0. The van der Waals surface area contributed by atoms with Crippen LogP contribution in [0.3, 0.4) is 0 Å². The van der Waals surface area contributed by atoms with Crippen LogP contribution in [0.4, 0.5) is 0 Å². The van der Waals surface area contributed by atoms with Gasteiger partial charge in [-0.25, -0.2) is 4.79 Å². The van der Waals surface area contributed by atoms with Gasteiger partial charge in [-0.1, -0.05) is 39.8 Å². The molecule has 0 aromatic heterocycles. The molecule has 3 aliphatic carbocycles. The Bertz CT molecular complexity index is 603. The fourth-order valence-corrected chi connectivity index (χ4v) is 5.40. The normalized spacial score (nSPS) is 43.2. The van der Waals surface area contributed by atoms with E-state index in [1.165, 1.54) is 0 Å². The van der Waals surface area contributed by atoms with Crippen molar-refractivity contribution < 1.29 is 19.2 Å². The highest BCUT2D eigenvalue weighted by Gasteiger charge is 2.78. The Hall–Kier alpha value is -1.65. The van der Waals surface area contributed by atoms with Crippen molar-refractivity contribution in [3.05, 3.63) is 12.2 Å². The fraction of sp³-hybridized carbons (Fsp3) is 0.722. The Morgan fingerprint density at radius 1 is 1.13 bits per heavy atom. The van der Waals surface area contributed by atoms with E-state index >= 15 is 0 Å². The second-order valence-corrected chi connectivity index (χ2v) is 8.19. The summed E-state index contributed by atoms with van der Waals surface area (Å²) >= 11 is 0.